The van der Waals surface area contributed by atoms with Crippen molar-refractivity contribution in [3.05, 3.63) is 71.3 Å². The first-order valence-corrected chi connectivity index (χ1v) is 7.81. The highest BCUT2D eigenvalue weighted by atomic mass is 16.1. The zero-order valence-corrected chi connectivity index (χ0v) is 13.5. The van der Waals surface area contributed by atoms with E-state index in [1.165, 1.54) is 0 Å². The van der Waals surface area contributed by atoms with Crippen molar-refractivity contribution in [3.8, 4) is 0 Å². The van der Waals surface area contributed by atoms with E-state index in [1.807, 2.05) is 50.2 Å². The van der Waals surface area contributed by atoms with Gasteiger partial charge < -0.3 is 0 Å². The van der Waals surface area contributed by atoms with Crippen LogP contribution in [-0.4, -0.2) is 25.4 Å². The van der Waals surface area contributed by atoms with Gasteiger partial charge in [-0.15, -0.1) is 0 Å². The molecule has 0 aliphatic heterocycles. The Morgan fingerprint density at radius 2 is 1.96 bits per heavy atom. The van der Waals surface area contributed by atoms with Crippen molar-refractivity contribution in [1.82, 2.24) is 19.6 Å². The molecule has 0 aliphatic carbocycles. The molecule has 0 saturated heterocycles. The molecule has 4 rings (SSSR count). The number of nitrogens with zero attached hydrogens (tertiary/aromatic N) is 4. The summed E-state index contributed by atoms with van der Waals surface area (Å²) < 4.78 is 1.71. The van der Waals surface area contributed by atoms with Crippen LogP contribution in [0.15, 0.2) is 48.8 Å². The lowest BCUT2D eigenvalue weighted by molar-refractivity contribution is 0.0994. The third kappa shape index (κ3) is 2.44. The summed E-state index contributed by atoms with van der Waals surface area (Å²) in [5.41, 5.74) is 4.83. The summed E-state index contributed by atoms with van der Waals surface area (Å²) in [5, 5.41) is 5.32. The van der Waals surface area contributed by atoms with Crippen LogP contribution in [0.3, 0.4) is 0 Å². The second kappa shape index (κ2) is 5.53. The number of carbonyl (C=O) groups is 1. The smallest absolute Gasteiger partial charge is 0.172 e. The summed E-state index contributed by atoms with van der Waals surface area (Å²) in [6.07, 6.45) is 3.65. The first-order chi connectivity index (χ1) is 11.6. The Labute approximate surface area is 139 Å². The predicted molar refractivity (Wildman–Crippen MR) is 92.2 cm³/mol. The second-order valence-electron chi connectivity index (χ2n) is 5.97. The van der Waals surface area contributed by atoms with Crippen molar-refractivity contribution in [3.63, 3.8) is 0 Å². The Bertz CT molecular complexity index is 1080. The number of hydrogen-bond donors (Lipinski definition) is 0. The molecule has 0 aliphatic rings. The third-order valence-corrected chi connectivity index (χ3v) is 4.09. The average Bonchev–Trinajstić information content (AvgIpc) is 2.99. The Morgan fingerprint density at radius 3 is 2.83 bits per heavy atom. The number of benzene rings is 1. The lowest BCUT2D eigenvalue weighted by Crippen LogP contribution is -2.05. The predicted octanol–water partition coefficient (Wildman–Crippen LogP) is 3.32. The first kappa shape index (κ1) is 14.5. The van der Waals surface area contributed by atoms with Gasteiger partial charge in [0.25, 0.3) is 0 Å². The molecule has 0 bridgehead atoms. The van der Waals surface area contributed by atoms with Crippen LogP contribution in [0.2, 0.25) is 0 Å². The molecule has 5 heteroatoms. The zero-order valence-electron chi connectivity index (χ0n) is 13.5. The van der Waals surface area contributed by atoms with E-state index in [-0.39, 0.29) is 12.2 Å². The quantitative estimate of drug-likeness (QED) is 0.544. The molecule has 0 saturated carbocycles. The molecule has 118 valence electrons. The number of carbonyl (C=O) groups excluding carboxylic acids is 1. The maximum atomic E-state index is 12.7. The third-order valence-electron chi connectivity index (χ3n) is 4.09. The van der Waals surface area contributed by atoms with Crippen molar-refractivity contribution in [2.45, 2.75) is 20.3 Å². The van der Waals surface area contributed by atoms with Gasteiger partial charge in [-0.25, -0.2) is 9.50 Å². The van der Waals surface area contributed by atoms with Crippen LogP contribution in [0.4, 0.5) is 0 Å². The van der Waals surface area contributed by atoms with E-state index in [1.54, 1.807) is 16.9 Å². The van der Waals surface area contributed by atoms with E-state index in [0.717, 1.165) is 27.9 Å². The number of para-hydroxylation sites is 1. The minimum atomic E-state index is -0.000388. The van der Waals surface area contributed by atoms with Crippen LogP contribution >= 0.6 is 0 Å². The minimum Gasteiger partial charge on any atom is -0.294 e. The van der Waals surface area contributed by atoms with Crippen LogP contribution in [0.5, 0.6) is 0 Å². The lowest BCUT2D eigenvalue weighted by atomic mass is 10.0. The van der Waals surface area contributed by atoms with Crippen molar-refractivity contribution >= 4 is 22.3 Å². The molecule has 0 atom stereocenters. The topological polar surface area (TPSA) is 60.2 Å². The molecule has 3 heterocycles. The molecule has 0 spiro atoms. The average molecular weight is 316 g/mol. The summed E-state index contributed by atoms with van der Waals surface area (Å²) in [7, 11) is 0. The highest BCUT2D eigenvalue weighted by Crippen LogP contribution is 2.17. The number of rotatable bonds is 3. The molecule has 0 amide bonds. The molecule has 0 radical (unpaired) electrons. The fourth-order valence-corrected chi connectivity index (χ4v) is 2.96. The van der Waals surface area contributed by atoms with Gasteiger partial charge in [0.05, 0.1) is 17.3 Å². The fraction of sp³-hybridized carbons (Fsp3) is 0.158. The number of fused-ring (bicyclic) bond motifs is 2. The summed E-state index contributed by atoms with van der Waals surface area (Å²) in [5.74, 6) is -0.000388. The number of Topliss-reactive ketones (excluding diaryl/α,β-unsaturated/α-hetero) is 1. The van der Waals surface area contributed by atoms with Gasteiger partial charge >= 0.3 is 0 Å². The zero-order chi connectivity index (χ0) is 16.7. The van der Waals surface area contributed by atoms with E-state index in [2.05, 4.69) is 15.1 Å². The summed E-state index contributed by atoms with van der Waals surface area (Å²) in [6, 6.07) is 11.8. The van der Waals surface area contributed by atoms with E-state index >= 15 is 0 Å². The lowest BCUT2D eigenvalue weighted by Gasteiger charge is -2.04. The number of pyridine rings is 1. The van der Waals surface area contributed by atoms with Gasteiger partial charge in [0, 0.05) is 29.4 Å². The molecule has 5 nitrogen and oxygen atoms in total. The van der Waals surface area contributed by atoms with E-state index in [4.69, 9.17) is 0 Å². The maximum absolute atomic E-state index is 12.7. The van der Waals surface area contributed by atoms with Gasteiger partial charge in [-0.1, -0.05) is 18.2 Å². The van der Waals surface area contributed by atoms with Crippen LogP contribution in [0.1, 0.15) is 27.3 Å². The Kier molecular flexibility index (Phi) is 3.34. The molecule has 0 N–H and O–H groups in total. The largest absolute Gasteiger partial charge is 0.294 e. The summed E-state index contributed by atoms with van der Waals surface area (Å²) >= 11 is 0. The molecule has 0 fully saturated rings. The number of aryl methyl sites for hydroxylation is 2. The minimum absolute atomic E-state index is 0.000388. The van der Waals surface area contributed by atoms with E-state index in [0.29, 0.717) is 11.2 Å². The van der Waals surface area contributed by atoms with Gasteiger partial charge in [0.2, 0.25) is 0 Å². The molecule has 0 unspecified atom stereocenters. The van der Waals surface area contributed by atoms with Crippen molar-refractivity contribution in [2.75, 3.05) is 0 Å². The SMILES string of the molecule is Cc1cc(C)n2ncc(C(=O)Cc3cnc4ccccc4c3)c2n1. The van der Waals surface area contributed by atoms with Gasteiger partial charge in [-0.05, 0) is 37.6 Å². The van der Waals surface area contributed by atoms with E-state index < -0.39 is 0 Å². The molecule has 1 aromatic carbocycles. The molecule has 24 heavy (non-hydrogen) atoms. The maximum Gasteiger partial charge on any atom is 0.172 e. The van der Waals surface area contributed by atoms with Crippen LogP contribution in [0, 0.1) is 13.8 Å². The number of hydrogen-bond acceptors (Lipinski definition) is 4. The normalized spacial score (nSPS) is 11.2. The monoisotopic (exact) mass is 316 g/mol. The van der Waals surface area contributed by atoms with Crippen LogP contribution in [0.25, 0.3) is 16.6 Å². The van der Waals surface area contributed by atoms with Crippen molar-refractivity contribution in [2.24, 2.45) is 0 Å². The first-order valence-electron chi connectivity index (χ1n) is 7.81. The van der Waals surface area contributed by atoms with E-state index in [9.17, 15) is 4.79 Å². The number of aromatic nitrogens is 4. The highest BCUT2D eigenvalue weighted by Gasteiger charge is 2.16. The van der Waals surface area contributed by atoms with Gasteiger partial charge in [0.15, 0.2) is 11.4 Å². The summed E-state index contributed by atoms with van der Waals surface area (Å²) in [4.78, 5) is 21.6. The van der Waals surface area contributed by atoms with Gasteiger partial charge in [0.1, 0.15) is 0 Å². The van der Waals surface area contributed by atoms with Crippen molar-refractivity contribution in [1.29, 1.82) is 0 Å². The molecule has 3 aromatic heterocycles. The molecule has 4 aromatic rings. The molecular formula is C19H16N4O. The highest BCUT2D eigenvalue weighted by molar-refractivity contribution is 6.02. The standard InChI is InChI=1S/C19H16N4O/c1-12-7-13(2)23-19(22-12)16(11-21-23)18(24)9-14-8-15-5-3-4-6-17(15)20-10-14/h3-8,10-11H,9H2,1-2H3. The van der Waals surface area contributed by atoms with Crippen LogP contribution < -0.4 is 0 Å². The second-order valence-corrected chi connectivity index (χ2v) is 5.97. The van der Waals surface area contributed by atoms with Crippen LogP contribution in [-0.2, 0) is 6.42 Å². The van der Waals surface area contributed by atoms with Crippen molar-refractivity contribution < 1.29 is 4.79 Å². The Balaban J connectivity index is 1.71. The molecular weight excluding hydrogens is 300 g/mol. The Hall–Kier alpha value is -3.08. The Morgan fingerprint density at radius 1 is 1.12 bits per heavy atom. The fourth-order valence-electron chi connectivity index (χ4n) is 2.96. The van der Waals surface area contributed by atoms with Gasteiger partial charge in [-0.3, -0.25) is 9.78 Å². The number of ketones is 1. The van der Waals surface area contributed by atoms with Gasteiger partial charge in [-0.2, -0.15) is 5.10 Å². The summed E-state index contributed by atoms with van der Waals surface area (Å²) in [6.45, 7) is 3.87.